The van der Waals surface area contributed by atoms with Crippen molar-refractivity contribution < 1.29 is 4.79 Å². The molecule has 2 aromatic carbocycles. The molecule has 0 bridgehead atoms. The molecule has 1 aliphatic heterocycles. The lowest BCUT2D eigenvalue weighted by Gasteiger charge is -2.14. The average molecular weight is 438 g/mol. The SMILES string of the molecule is Cc1cc(C)cc(-n2nc(CC(C)C)c3c2C(=O)NC3c2ccc(Br)cc2)c1. The van der Waals surface area contributed by atoms with Gasteiger partial charge in [0.15, 0.2) is 0 Å². The van der Waals surface area contributed by atoms with E-state index in [9.17, 15) is 4.79 Å². The maximum atomic E-state index is 13.0. The summed E-state index contributed by atoms with van der Waals surface area (Å²) in [6.45, 7) is 8.50. The van der Waals surface area contributed by atoms with E-state index in [0.717, 1.165) is 44.5 Å². The van der Waals surface area contributed by atoms with Gasteiger partial charge in [0.05, 0.1) is 17.4 Å². The molecular formula is C23H24BrN3O. The van der Waals surface area contributed by atoms with Crippen LogP contribution < -0.4 is 5.32 Å². The maximum absolute atomic E-state index is 13.0. The summed E-state index contributed by atoms with van der Waals surface area (Å²) in [5.74, 6) is 0.387. The second-order valence-electron chi connectivity index (χ2n) is 8.02. The maximum Gasteiger partial charge on any atom is 0.271 e. The Hall–Kier alpha value is -2.40. The zero-order valence-corrected chi connectivity index (χ0v) is 18.2. The number of halogens is 1. The highest BCUT2D eigenvalue weighted by Crippen LogP contribution is 2.36. The molecule has 4 nitrogen and oxygen atoms in total. The van der Waals surface area contributed by atoms with Gasteiger partial charge in [0.2, 0.25) is 0 Å². The number of hydrogen-bond donors (Lipinski definition) is 1. The normalized spacial score (nSPS) is 15.8. The summed E-state index contributed by atoms with van der Waals surface area (Å²) in [6, 6.07) is 14.3. The number of carbonyl (C=O) groups excluding carboxylic acids is 1. The molecule has 1 amide bonds. The van der Waals surface area contributed by atoms with E-state index in [1.807, 2.05) is 16.8 Å². The molecule has 0 spiro atoms. The van der Waals surface area contributed by atoms with Crippen LogP contribution in [0.5, 0.6) is 0 Å². The van der Waals surface area contributed by atoms with Crippen LogP contribution in [0, 0.1) is 19.8 Å². The molecule has 0 saturated heterocycles. The third kappa shape index (κ3) is 3.39. The van der Waals surface area contributed by atoms with Gasteiger partial charge < -0.3 is 5.32 Å². The molecule has 1 atom stereocenters. The van der Waals surface area contributed by atoms with Gasteiger partial charge in [0.1, 0.15) is 5.69 Å². The first-order valence-corrected chi connectivity index (χ1v) is 10.4. The molecule has 1 aromatic heterocycles. The van der Waals surface area contributed by atoms with Crippen molar-refractivity contribution in [1.82, 2.24) is 15.1 Å². The molecule has 1 aliphatic rings. The summed E-state index contributed by atoms with van der Waals surface area (Å²) in [4.78, 5) is 13.0. The van der Waals surface area contributed by atoms with Gasteiger partial charge >= 0.3 is 0 Å². The van der Waals surface area contributed by atoms with E-state index in [4.69, 9.17) is 5.10 Å². The zero-order chi connectivity index (χ0) is 20.0. The second-order valence-corrected chi connectivity index (χ2v) is 8.94. The van der Waals surface area contributed by atoms with Gasteiger partial charge in [-0.3, -0.25) is 4.79 Å². The van der Waals surface area contributed by atoms with Gasteiger partial charge in [-0.25, -0.2) is 4.68 Å². The summed E-state index contributed by atoms with van der Waals surface area (Å²) in [5, 5.41) is 8.09. The van der Waals surface area contributed by atoms with Crippen molar-refractivity contribution in [1.29, 1.82) is 0 Å². The van der Waals surface area contributed by atoms with Crippen LogP contribution in [0.1, 0.15) is 58.3 Å². The number of aryl methyl sites for hydroxylation is 2. The topological polar surface area (TPSA) is 46.9 Å². The van der Waals surface area contributed by atoms with Crippen LogP contribution in [0.2, 0.25) is 0 Å². The predicted molar refractivity (Wildman–Crippen MR) is 115 cm³/mol. The number of carbonyl (C=O) groups is 1. The van der Waals surface area contributed by atoms with E-state index in [0.29, 0.717) is 11.6 Å². The summed E-state index contributed by atoms with van der Waals surface area (Å²) in [7, 11) is 0. The largest absolute Gasteiger partial charge is 0.340 e. The molecule has 144 valence electrons. The summed E-state index contributed by atoms with van der Waals surface area (Å²) < 4.78 is 2.86. The van der Waals surface area contributed by atoms with Crippen molar-refractivity contribution in [3.63, 3.8) is 0 Å². The first-order chi connectivity index (χ1) is 13.3. The van der Waals surface area contributed by atoms with Crippen LogP contribution in [-0.2, 0) is 6.42 Å². The molecule has 28 heavy (non-hydrogen) atoms. The quantitative estimate of drug-likeness (QED) is 0.602. The number of benzene rings is 2. The van der Waals surface area contributed by atoms with Gasteiger partial charge in [-0.05, 0) is 67.1 Å². The van der Waals surface area contributed by atoms with Crippen LogP contribution in [0.25, 0.3) is 5.69 Å². The number of aromatic nitrogens is 2. The van der Waals surface area contributed by atoms with E-state index in [-0.39, 0.29) is 11.9 Å². The molecule has 0 radical (unpaired) electrons. The third-order valence-electron chi connectivity index (χ3n) is 5.03. The lowest BCUT2D eigenvalue weighted by atomic mass is 9.96. The number of amides is 1. The number of nitrogens with one attached hydrogen (secondary N) is 1. The minimum absolute atomic E-state index is 0.0652. The van der Waals surface area contributed by atoms with E-state index in [2.05, 4.69) is 79.3 Å². The molecule has 4 rings (SSSR count). The van der Waals surface area contributed by atoms with Crippen LogP contribution in [-0.4, -0.2) is 15.7 Å². The van der Waals surface area contributed by atoms with E-state index in [1.165, 1.54) is 0 Å². The number of hydrogen-bond acceptors (Lipinski definition) is 2. The van der Waals surface area contributed by atoms with Crippen molar-refractivity contribution in [3.8, 4) is 5.69 Å². The molecule has 1 unspecified atom stereocenters. The van der Waals surface area contributed by atoms with Gasteiger partial charge in [0, 0.05) is 10.0 Å². The van der Waals surface area contributed by atoms with Gasteiger partial charge in [-0.2, -0.15) is 5.10 Å². The van der Waals surface area contributed by atoms with Gasteiger partial charge in [-0.1, -0.05) is 48.0 Å². The third-order valence-corrected chi connectivity index (χ3v) is 5.56. The molecular weight excluding hydrogens is 414 g/mol. The van der Waals surface area contributed by atoms with E-state index >= 15 is 0 Å². The highest BCUT2D eigenvalue weighted by molar-refractivity contribution is 9.10. The Labute approximate surface area is 174 Å². The molecule has 2 heterocycles. The first kappa shape index (κ1) is 18.9. The molecule has 3 aromatic rings. The van der Waals surface area contributed by atoms with Gasteiger partial charge in [-0.15, -0.1) is 0 Å². The Morgan fingerprint density at radius 1 is 1.11 bits per heavy atom. The van der Waals surface area contributed by atoms with Crippen molar-refractivity contribution in [2.45, 2.75) is 40.2 Å². The number of fused-ring (bicyclic) bond motifs is 1. The Bertz CT molecular complexity index is 1030. The summed E-state index contributed by atoms with van der Waals surface area (Å²) in [5.41, 5.74) is 7.00. The van der Waals surface area contributed by atoms with Crippen molar-refractivity contribution in [2.75, 3.05) is 0 Å². The van der Waals surface area contributed by atoms with Crippen molar-refractivity contribution in [2.24, 2.45) is 5.92 Å². The minimum atomic E-state index is -0.163. The average Bonchev–Trinajstić information content (AvgIpc) is 3.14. The highest BCUT2D eigenvalue weighted by Gasteiger charge is 2.37. The van der Waals surface area contributed by atoms with E-state index < -0.39 is 0 Å². The number of rotatable bonds is 4. The van der Waals surface area contributed by atoms with Gasteiger partial charge in [0.25, 0.3) is 5.91 Å². The monoisotopic (exact) mass is 437 g/mol. The number of nitrogens with zero attached hydrogens (tertiary/aromatic N) is 2. The van der Waals surface area contributed by atoms with Crippen molar-refractivity contribution >= 4 is 21.8 Å². The molecule has 0 saturated carbocycles. The van der Waals surface area contributed by atoms with E-state index in [1.54, 1.807) is 0 Å². The van der Waals surface area contributed by atoms with Crippen LogP contribution in [0.4, 0.5) is 0 Å². The van der Waals surface area contributed by atoms with Crippen molar-refractivity contribution in [3.05, 3.63) is 80.6 Å². The fraction of sp³-hybridized carbons (Fsp3) is 0.304. The molecule has 1 N–H and O–H groups in total. The molecule has 5 heteroatoms. The smallest absolute Gasteiger partial charge is 0.271 e. The lowest BCUT2D eigenvalue weighted by Crippen LogP contribution is -2.23. The Kier molecular flexibility index (Phi) is 4.88. The Morgan fingerprint density at radius 3 is 2.36 bits per heavy atom. The molecule has 0 fully saturated rings. The first-order valence-electron chi connectivity index (χ1n) is 9.60. The Morgan fingerprint density at radius 2 is 1.75 bits per heavy atom. The summed E-state index contributed by atoms with van der Waals surface area (Å²) in [6.07, 6.45) is 0.835. The Balaban J connectivity index is 1.91. The lowest BCUT2D eigenvalue weighted by molar-refractivity contribution is 0.0953. The predicted octanol–water partition coefficient (Wildman–Crippen LogP) is 5.28. The standard InChI is InChI=1S/C23H24BrN3O/c1-13(2)9-19-20-21(16-5-7-17(24)8-6-16)25-23(28)22(20)27(26-19)18-11-14(3)10-15(4)12-18/h5-8,10-13,21H,9H2,1-4H3,(H,25,28). The highest BCUT2D eigenvalue weighted by atomic mass is 79.9. The minimum Gasteiger partial charge on any atom is -0.340 e. The fourth-order valence-corrected chi connectivity index (χ4v) is 4.24. The van der Waals surface area contributed by atoms with Crippen LogP contribution >= 0.6 is 15.9 Å². The molecule has 0 aliphatic carbocycles. The zero-order valence-electron chi connectivity index (χ0n) is 16.6. The van der Waals surface area contributed by atoms with Crippen LogP contribution in [0.15, 0.2) is 46.9 Å². The second kappa shape index (κ2) is 7.21. The fourth-order valence-electron chi connectivity index (χ4n) is 3.97. The van der Waals surface area contributed by atoms with Crippen LogP contribution in [0.3, 0.4) is 0 Å². The summed E-state index contributed by atoms with van der Waals surface area (Å²) >= 11 is 3.49.